The molecule has 1 fully saturated rings. The SMILES string of the molecule is CC(=O)N1CCC(C(=O)N[C@@H](c2ccc(F)cc2)c2nccn2C)CC1. The number of halogens is 1. The second kappa shape index (κ2) is 7.68. The van der Waals surface area contributed by atoms with E-state index < -0.39 is 6.04 Å². The number of rotatable bonds is 4. The average molecular weight is 358 g/mol. The fourth-order valence-electron chi connectivity index (χ4n) is 3.32. The number of nitrogens with one attached hydrogen (secondary N) is 1. The average Bonchev–Trinajstić information content (AvgIpc) is 3.06. The van der Waals surface area contributed by atoms with Crippen molar-refractivity contribution in [2.45, 2.75) is 25.8 Å². The molecule has 0 spiro atoms. The van der Waals surface area contributed by atoms with Gasteiger partial charge in [0, 0.05) is 45.4 Å². The minimum absolute atomic E-state index is 0.0426. The molecule has 1 aliphatic heterocycles. The van der Waals surface area contributed by atoms with E-state index >= 15 is 0 Å². The van der Waals surface area contributed by atoms with E-state index in [4.69, 9.17) is 0 Å². The number of hydrogen-bond donors (Lipinski definition) is 1. The highest BCUT2D eigenvalue weighted by Crippen LogP contribution is 2.24. The molecule has 1 aromatic heterocycles. The van der Waals surface area contributed by atoms with Gasteiger partial charge in [-0.15, -0.1) is 0 Å². The lowest BCUT2D eigenvalue weighted by atomic mass is 9.95. The van der Waals surface area contributed by atoms with Gasteiger partial charge in [-0.2, -0.15) is 0 Å². The van der Waals surface area contributed by atoms with Crippen LogP contribution in [0.5, 0.6) is 0 Å². The van der Waals surface area contributed by atoms with E-state index in [-0.39, 0.29) is 23.5 Å². The number of aryl methyl sites for hydroxylation is 1. The highest BCUT2D eigenvalue weighted by molar-refractivity contribution is 5.80. The summed E-state index contributed by atoms with van der Waals surface area (Å²) in [4.78, 5) is 30.4. The third-order valence-corrected chi connectivity index (χ3v) is 4.92. The number of piperidine rings is 1. The standard InChI is InChI=1S/C19H23FN4O2/c1-13(25)24-10-7-15(8-11-24)19(26)22-17(18-21-9-12-23(18)2)14-3-5-16(20)6-4-14/h3-6,9,12,15,17H,7-8,10-11H2,1-2H3,(H,22,26)/t17-/m0/s1. The van der Waals surface area contributed by atoms with Crippen LogP contribution in [0.1, 0.15) is 37.2 Å². The maximum absolute atomic E-state index is 13.3. The zero-order valence-electron chi connectivity index (χ0n) is 15.0. The van der Waals surface area contributed by atoms with Gasteiger partial charge in [0.05, 0.1) is 0 Å². The molecule has 0 unspecified atom stereocenters. The summed E-state index contributed by atoms with van der Waals surface area (Å²) in [5.74, 6) is 0.196. The van der Waals surface area contributed by atoms with Crippen LogP contribution in [0.3, 0.4) is 0 Å². The summed E-state index contributed by atoms with van der Waals surface area (Å²) < 4.78 is 15.1. The Morgan fingerprint density at radius 1 is 1.23 bits per heavy atom. The van der Waals surface area contributed by atoms with Crippen LogP contribution in [0.25, 0.3) is 0 Å². The van der Waals surface area contributed by atoms with Crippen LogP contribution < -0.4 is 5.32 Å². The largest absolute Gasteiger partial charge is 0.343 e. The first-order valence-electron chi connectivity index (χ1n) is 8.74. The topological polar surface area (TPSA) is 67.2 Å². The first-order valence-corrected chi connectivity index (χ1v) is 8.74. The second-order valence-electron chi connectivity index (χ2n) is 6.67. The summed E-state index contributed by atoms with van der Waals surface area (Å²) in [6.07, 6.45) is 4.76. The Balaban J connectivity index is 1.76. The third kappa shape index (κ3) is 3.92. The molecule has 2 amide bonds. The summed E-state index contributed by atoms with van der Waals surface area (Å²) in [6.45, 7) is 2.74. The molecule has 26 heavy (non-hydrogen) atoms. The van der Waals surface area contributed by atoms with Crippen molar-refractivity contribution < 1.29 is 14.0 Å². The summed E-state index contributed by atoms with van der Waals surface area (Å²) in [7, 11) is 1.86. The summed E-state index contributed by atoms with van der Waals surface area (Å²) in [6, 6.07) is 5.63. The number of carbonyl (C=O) groups is 2. The zero-order valence-corrected chi connectivity index (χ0v) is 15.0. The number of hydrogen-bond acceptors (Lipinski definition) is 3. The van der Waals surface area contributed by atoms with Crippen molar-refractivity contribution in [2.75, 3.05) is 13.1 Å². The number of imidazole rings is 1. The normalized spacial score (nSPS) is 16.3. The van der Waals surface area contributed by atoms with E-state index in [1.807, 2.05) is 17.8 Å². The van der Waals surface area contributed by atoms with Crippen LogP contribution >= 0.6 is 0 Å². The summed E-state index contributed by atoms with van der Waals surface area (Å²) in [5.41, 5.74) is 0.773. The Bertz CT molecular complexity index is 779. The van der Waals surface area contributed by atoms with Crippen molar-refractivity contribution >= 4 is 11.8 Å². The monoisotopic (exact) mass is 358 g/mol. The maximum atomic E-state index is 13.3. The van der Waals surface area contributed by atoms with Gasteiger partial charge in [0.15, 0.2) is 0 Å². The molecule has 0 radical (unpaired) electrons. The van der Waals surface area contributed by atoms with Gasteiger partial charge in [-0.1, -0.05) is 12.1 Å². The van der Waals surface area contributed by atoms with Gasteiger partial charge in [-0.05, 0) is 30.5 Å². The number of amides is 2. The number of benzene rings is 1. The van der Waals surface area contributed by atoms with Gasteiger partial charge >= 0.3 is 0 Å². The van der Waals surface area contributed by atoms with Crippen molar-refractivity contribution in [3.05, 3.63) is 53.9 Å². The van der Waals surface area contributed by atoms with Gasteiger partial charge < -0.3 is 14.8 Å². The molecule has 3 rings (SSSR count). The molecule has 0 saturated carbocycles. The van der Waals surface area contributed by atoms with E-state index in [0.29, 0.717) is 31.8 Å². The predicted octanol–water partition coefficient (Wildman–Crippen LogP) is 2.02. The van der Waals surface area contributed by atoms with Gasteiger partial charge in [-0.3, -0.25) is 9.59 Å². The van der Waals surface area contributed by atoms with E-state index in [0.717, 1.165) is 5.56 Å². The summed E-state index contributed by atoms with van der Waals surface area (Å²) in [5, 5.41) is 3.06. The second-order valence-corrected chi connectivity index (χ2v) is 6.67. The predicted molar refractivity (Wildman–Crippen MR) is 94.6 cm³/mol. The lowest BCUT2D eigenvalue weighted by Gasteiger charge is -2.31. The number of nitrogens with zero attached hydrogens (tertiary/aromatic N) is 3. The first kappa shape index (κ1) is 18.1. The molecule has 0 aliphatic carbocycles. The van der Waals surface area contributed by atoms with Crippen LogP contribution in [-0.4, -0.2) is 39.4 Å². The maximum Gasteiger partial charge on any atom is 0.224 e. The van der Waals surface area contributed by atoms with Crippen molar-refractivity contribution in [3.8, 4) is 0 Å². The molecule has 7 heteroatoms. The Kier molecular flexibility index (Phi) is 5.35. The number of aromatic nitrogens is 2. The van der Waals surface area contributed by atoms with Gasteiger partial charge in [0.25, 0.3) is 0 Å². The Hall–Kier alpha value is -2.70. The molecule has 1 atom stereocenters. The Morgan fingerprint density at radius 3 is 2.42 bits per heavy atom. The van der Waals surface area contributed by atoms with Gasteiger partial charge in [-0.25, -0.2) is 9.37 Å². The van der Waals surface area contributed by atoms with Crippen molar-refractivity contribution in [2.24, 2.45) is 13.0 Å². The van der Waals surface area contributed by atoms with E-state index in [1.165, 1.54) is 12.1 Å². The molecule has 138 valence electrons. The lowest BCUT2D eigenvalue weighted by molar-refractivity contribution is -0.134. The number of likely N-dealkylation sites (tertiary alicyclic amines) is 1. The highest BCUT2D eigenvalue weighted by Gasteiger charge is 2.29. The van der Waals surface area contributed by atoms with Crippen LogP contribution in [0.2, 0.25) is 0 Å². The zero-order chi connectivity index (χ0) is 18.7. The molecule has 0 bridgehead atoms. The molecule has 1 aliphatic rings. The van der Waals surface area contributed by atoms with Gasteiger partial charge in [0.1, 0.15) is 17.7 Å². The van der Waals surface area contributed by atoms with E-state index in [2.05, 4.69) is 10.3 Å². The fourth-order valence-corrected chi connectivity index (χ4v) is 3.32. The van der Waals surface area contributed by atoms with Gasteiger partial charge in [0.2, 0.25) is 11.8 Å². The molecule has 2 heterocycles. The quantitative estimate of drug-likeness (QED) is 0.909. The molecule has 1 aromatic carbocycles. The molecular formula is C19H23FN4O2. The minimum Gasteiger partial charge on any atom is -0.343 e. The van der Waals surface area contributed by atoms with Crippen LogP contribution in [-0.2, 0) is 16.6 Å². The fraction of sp³-hybridized carbons (Fsp3) is 0.421. The summed E-state index contributed by atoms with van der Waals surface area (Å²) >= 11 is 0. The Morgan fingerprint density at radius 2 is 1.88 bits per heavy atom. The van der Waals surface area contributed by atoms with Crippen molar-refractivity contribution in [1.29, 1.82) is 0 Å². The van der Waals surface area contributed by atoms with Crippen molar-refractivity contribution in [1.82, 2.24) is 19.8 Å². The molecule has 2 aromatic rings. The van der Waals surface area contributed by atoms with E-state index in [1.54, 1.807) is 30.2 Å². The number of carbonyl (C=O) groups excluding carboxylic acids is 2. The van der Waals surface area contributed by atoms with Crippen LogP contribution in [0.4, 0.5) is 4.39 Å². The molecule has 1 saturated heterocycles. The molecular weight excluding hydrogens is 335 g/mol. The molecule has 1 N–H and O–H groups in total. The van der Waals surface area contributed by atoms with E-state index in [9.17, 15) is 14.0 Å². The first-order chi connectivity index (χ1) is 12.5. The molecule has 6 nitrogen and oxygen atoms in total. The Labute approximate surface area is 152 Å². The highest BCUT2D eigenvalue weighted by atomic mass is 19.1. The van der Waals surface area contributed by atoms with Crippen molar-refractivity contribution in [3.63, 3.8) is 0 Å². The van der Waals surface area contributed by atoms with Crippen LogP contribution in [0, 0.1) is 11.7 Å². The lowest BCUT2D eigenvalue weighted by Crippen LogP contribution is -2.43. The smallest absolute Gasteiger partial charge is 0.224 e. The van der Waals surface area contributed by atoms with Crippen LogP contribution in [0.15, 0.2) is 36.7 Å². The third-order valence-electron chi connectivity index (χ3n) is 4.92. The minimum atomic E-state index is -0.450.